The van der Waals surface area contributed by atoms with Gasteiger partial charge in [0.2, 0.25) is 0 Å². The molecule has 0 amide bonds. The standard InChI is InChI=1S/C25H22O5/c1-5-15-29-22-13-9-19(17-24(22)27-3)7-11-21(26)12-8-20-10-14-23(30-16-6-2)25(18-20)28-4/h1-2,7-14,17-18H,15-16H2,3-4H3/b11-7+,12-8+. The van der Waals surface area contributed by atoms with Gasteiger partial charge in [-0.2, -0.15) is 0 Å². The van der Waals surface area contributed by atoms with Crippen molar-refractivity contribution in [3.8, 4) is 47.7 Å². The van der Waals surface area contributed by atoms with Crippen LogP contribution in [0.15, 0.2) is 48.6 Å². The van der Waals surface area contributed by atoms with E-state index in [1.807, 2.05) is 12.1 Å². The summed E-state index contributed by atoms with van der Waals surface area (Å²) in [5.74, 6) is 6.79. The van der Waals surface area contributed by atoms with Crippen molar-refractivity contribution in [2.45, 2.75) is 0 Å². The van der Waals surface area contributed by atoms with Crippen LogP contribution in [0.1, 0.15) is 11.1 Å². The van der Waals surface area contributed by atoms with Gasteiger partial charge in [0.25, 0.3) is 0 Å². The van der Waals surface area contributed by atoms with E-state index in [9.17, 15) is 4.79 Å². The van der Waals surface area contributed by atoms with Gasteiger partial charge in [-0.25, -0.2) is 0 Å². The molecular formula is C25H22O5. The third-order valence-corrected chi connectivity index (χ3v) is 3.88. The Labute approximate surface area is 176 Å². The van der Waals surface area contributed by atoms with Crippen molar-refractivity contribution in [3.05, 3.63) is 59.7 Å². The second kappa shape index (κ2) is 11.7. The molecule has 0 saturated heterocycles. The molecule has 5 nitrogen and oxygen atoms in total. The summed E-state index contributed by atoms with van der Waals surface area (Å²) in [5.41, 5.74) is 1.58. The summed E-state index contributed by atoms with van der Waals surface area (Å²) in [7, 11) is 3.08. The van der Waals surface area contributed by atoms with Crippen molar-refractivity contribution < 1.29 is 23.7 Å². The Balaban J connectivity index is 2.06. The molecule has 0 atom stereocenters. The minimum atomic E-state index is -0.173. The van der Waals surface area contributed by atoms with Crippen LogP contribution in [0.3, 0.4) is 0 Å². The number of benzene rings is 2. The highest BCUT2D eigenvalue weighted by atomic mass is 16.5. The topological polar surface area (TPSA) is 54.0 Å². The highest BCUT2D eigenvalue weighted by Gasteiger charge is 2.05. The number of allylic oxidation sites excluding steroid dienone is 2. The Morgan fingerprint density at radius 1 is 0.800 bits per heavy atom. The van der Waals surface area contributed by atoms with E-state index in [0.29, 0.717) is 23.0 Å². The number of carbonyl (C=O) groups is 1. The summed E-state index contributed by atoms with van der Waals surface area (Å²) < 4.78 is 21.4. The van der Waals surface area contributed by atoms with E-state index in [0.717, 1.165) is 11.1 Å². The molecule has 0 heterocycles. The van der Waals surface area contributed by atoms with E-state index in [4.69, 9.17) is 31.8 Å². The number of hydrogen-bond acceptors (Lipinski definition) is 5. The van der Waals surface area contributed by atoms with E-state index in [-0.39, 0.29) is 19.0 Å². The molecule has 0 aromatic heterocycles. The summed E-state index contributed by atoms with van der Waals surface area (Å²) in [6.07, 6.45) is 16.7. The third-order valence-electron chi connectivity index (χ3n) is 3.88. The molecule has 0 fully saturated rings. The second-order valence-corrected chi connectivity index (χ2v) is 5.88. The predicted octanol–water partition coefficient (Wildman–Crippen LogP) is 4.02. The van der Waals surface area contributed by atoms with Crippen LogP contribution in [0.5, 0.6) is 23.0 Å². The molecule has 152 valence electrons. The summed E-state index contributed by atoms with van der Waals surface area (Å²) in [5, 5.41) is 0. The molecule has 0 N–H and O–H groups in total. The molecule has 0 unspecified atom stereocenters. The average molecular weight is 402 g/mol. The lowest BCUT2D eigenvalue weighted by Crippen LogP contribution is -1.97. The molecule has 2 rings (SSSR count). The second-order valence-electron chi connectivity index (χ2n) is 5.88. The lowest BCUT2D eigenvalue weighted by Gasteiger charge is -2.09. The van der Waals surface area contributed by atoms with Crippen molar-refractivity contribution >= 4 is 17.9 Å². The smallest absolute Gasteiger partial charge is 0.178 e. The van der Waals surface area contributed by atoms with Crippen LogP contribution in [-0.2, 0) is 4.79 Å². The molecule has 2 aromatic rings. The fourth-order valence-electron chi connectivity index (χ4n) is 2.47. The van der Waals surface area contributed by atoms with Crippen LogP contribution in [0.25, 0.3) is 12.2 Å². The lowest BCUT2D eigenvalue weighted by atomic mass is 10.1. The minimum absolute atomic E-state index is 0.149. The first-order valence-electron chi connectivity index (χ1n) is 9.00. The predicted molar refractivity (Wildman–Crippen MR) is 118 cm³/mol. The van der Waals surface area contributed by atoms with E-state index in [1.165, 1.54) is 26.4 Å². The first-order valence-corrected chi connectivity index (χ1v) is 9.00. The zero-order chi connectivity index (χ0) is 21.8. The Kier molecular flexibility index (Phi) is 8.65. The van der Waals surface area contributed by atoms with Gasteiger partial charge < -0.3 is 18.9 Å². The van der Waals surface area contributed by atoms with Gasteiger partial charge in [0.15, 0.2) is 28.8 Å². The number of ether oxygens (including phenoxy) is 4. The van der Waals surface area contributed by atoms with Crippen LogP contribution in [0.2, 0.25) is 0 Å². The van der Waals surface area contributed by atoms with Gasteiger partial charge in [-0.15, -0.1) is 12.8 Å². The van der Waals surface area contributed by atoms with E-state index < -0.39 is 0 Å². The Hall–Kier alpha value is -4.09. The van der Waals surface area contributed by atoms with Crippen LogP contribution in [-0.4, -0.2) is 33.2 Å². The Morgan fingerprint density at radius 2 is 1.23 bits per heavy atom. The van der Waals surface area contributed by atoms with E-state index in [2.05, 4.69) is 11.8 Å². The van der Waals surface area contributed by atoms with Crippen molar-refractivity contribution in [2.75, 3.05) is 27.4 Å². The van der Waals surface area contributed by atoms with Crippen molar-refractivity contribution in [1.29, 1.82) is 0 Å². The van der Waals surface area contributed by atoms with Crippen LogP contribution in [0.4, 0.5) is 0 Å². The quantitative estimate of drug-likeness (QED) is 0.444. The van der Waals surface area contributed by atoms with Gasteiger partial charge in [-0.3, -0.25) is 4.79 Å². The molecule has 0 aliphatic carbocycles. The third kappa shape index (κ3) is 6.51. The monoisotopic (exact) mass is 402 g/mol. The molecule has 2 aromatic carbocycles. The van der Waals surface area contributed by atoms with E-state index >= 15 is 0 Å². The average Bonchev–Trinajstić information content (AvgIpc) is 2.78. The number of ketones is 1. The van der Waals surface area contributed by atoms with Gasteiger partial charge in [0.1, 0.15) is 13.2 Å². The van der Waals surface area contributed by atoms with E-state index in [1.54, 1.807) is 36.4 Å². The highest BCUT2D eigenvalue weighted by Crippen LogP contribution is 2.29. The van der Waals surface area contributed by atoms with Crippen LogP contribution < -0.4 is 18.9 Å². The minimum Gasteiger partial charge on any atom is -0.493 e. The molecule has 0 radical (unpaired) electrons. The maximum absolute atomic E-state index is 12.2. The number of methoxy groups -OCH3 is 2. The zero-order valence-electron chi connectivity index (χ0n) is 16.9. The highest BCUT2D eigenvalue weighted by molar-refractivity contribution is 6.04. The molecule has 0 aliphatic rings. The largest absolute Gasteiger partial charge is 0.493 e. The first-order chi connectivity index (χ1) is 14.6. The maximum Gasteiger partial charge on any atom is 0.178 e. The van der Waals surface area contributed by atoms with Gasteiger partial charge >= 0.3 is 0 Å². The summed E-state index contributed by atoms with van der Waals surface area (Å²) in [6, 6.07) is 10.6. The van der Waals surface area contributed by atoms with Crippen LogP contribution >= 0.6 is 0 Å². The summed E-state index contributed by atoms with van der Waals surface area (Å²) in [6.45, 7) is 0.299. The Bertz CT molecular complexity index is 937. The molecule has 5 heteroatoms. The fraction of sp³-hybridized carbons (Fsp3) is 0.160. The molecule has 30 heavy (non-hydrogen) atoms. The van der Waals surface area contributed by atoms with Crippen molar-refractivity contribution in [1.82, 2.24) is 0 Å². The maximum atomic E-state index is 12.2. The van der Waals surface area contributed by atoms with Crippen molar-refractivity contribution in [2.24, 2.45) is 0 Å². The number of carbonyl (C=O) groups excluding carboxylic acids is 1. The normalized spacial score (nSPS) is 10.4. The van der Waals surface area contributed by atoms with Gasteiger partial charge in [-0.05, 0) is 47.5 Å². The van der Waals surface area contributed by atoms with Crippen molar-refractivity contribution in [3.63, 3.8) is 0 Å². The van der Waals surface area contributed by atoms with Gasteiger partial charge in [0, 0.05) is 0 Å². The lowest BCUT2D eigenvalue weighted by molar-refractivity contribution is -0.110. The number of rotatable bonds is 10. The SMILES string of the molecule is C#CCOc1ccc(/C=C/C(=O)/C=C/c2ccc(OCC#C)c(OC)c2)cc1OC. The Morgan fingerprint density at radius 3 is 1.60 bits per heavy atom. The molecule has 0 aliphatic heterocycles. The number of terminal acetylenes is 2. The summed E-state index contributed by atoms with van der Waals surface area (Å²) >= 11 is 0. The fourth-order valence-corrected chi connectivity index (χ4v) is 2.47. The molecule has 0 saturated carbocycles. The summed E-state index contributed by atoms with van der Waals surface area (Å²) in [4.78, 5) is 12.2. The van der Waals surface area contributed by atoms with Crippen LogP contribution in [0, 0.1) is 24.7 Å². The van der Waals surface area contributed by atoms with Gasteiger partial charge in [-0.1, -0.05) is 36.1 Å². The first kappa shape index (κ1) is 22.2. The molecule has 0 bridgehead atoms. The number of hydrogen-bond donors (Lipinski definition) is 0. The zero-order valence-corrected chi connectivity index (χ0v) is 16.9. The van der Waals surface area contributed by atoms with Gasteiger partial charge in [0.05, 0.1) is 14.2 Å². The molecular weight excluding hydrogens is 380 g/mol. The molecule has 0 spiro atoms.